The lowest BCUT2D eigenvalue weighted by atomic mass is 10.2. The second kappa shape index (κ2) is 8.63. The molecule has 4 rings (SSSR count). The van der Waals surface area contributed by atoms with Gasteiger partial charge in [0.1, 0.15) is 5.01 Å². The maximum Gasteiger partial charge on any atom is 0.253 e. The monoisotopic (exact) mass is 416 g/mol. The number of amides is 1. The molecule has 3 heterocycles. The molecule has 0 saturated carbocycles. The Morgan fingerprint density at radius 1 is 1.17 bits per heavy atom. The lowest BCUT2D eigenvalue weighted by Gasteiger charge is -2.12. The fourth-order valence-electron chi connectivity index (χ4n) is 3.51. The summed E-state index contributed by atoms with van der Waals surface area (Å²) in [4.78, 5) is 21.8. The summed E-state index contributed by atoms with van der Waals surface area (Å²) in [5, 5.41) is 5.98. The molecule has 0 fully saturated rings. The molecule has 152 valence electrons. The van der Waals surface area contributed by atoms with Crippen molar-refractivity contribution in [3.8, 4) is 11.3 Å². The van der Waals surface area contributed by atoms with Crippen LogP contribution in [-0.4, -0.2) is 20.4 Å². The third-order valence-electron chi connectivity index (χ3n) is 5.20. The summed E-state index contributed by atoms with van der Waals surface area (Å²) in [5.74, 6) is -0.0759. The van der Waals surface area contributed by atoms with Gasteiger partial charge in [0.25, 0.3) is 5.91 Å². The van der Waals surface area contributed by atoms with Gasteiger partial charge in [0.05, 0.1) is 17.3 Å². The zero-order chi connectivity index (χ0) is 21.1. The van der Waals surface area contributed by atoms with Gasteiger partial charge in [-0.3, -0.25) is 9.78 Å². The Morgan fingerprint density at radius 2 is 1.97 bits per heavy atom. The lowest BCUT2D eigenvalue weighted by Crippen LogP contribution is -2.27. The molecule has 1 unspecified atom stereocenters. The zero-order valence-electron chi connectivity index (χ0n) is 17.3. The average Bonchev–Trinajstić information content (AvgIpc) is 3.36. The van der Waals surface area contributed by atoms with Gasteiger partial charge < -0.3 is 9.88 Å². The van der Waals surface area contributed by atoms with Gasteiger partial charge >= 0.3 is 0 Å². The molecule has 0 radical (unpaired) electrons. The van der Waals surface area contributed by atoms with E-state index in [1.165, 1.54) is 5.56 Å². The molecule has 4 aromatic rings. The van der Waals surface area contributed by atoms with Crippen LogP contribution >= 0.6 is 11.3 Å². The summed E-state index contributed by atoms with van der Waals surface area (Å²) in [5.41, 5.74) is 5.82. The Hall–Kier alpha value is -3.25. The molecule has 1 amide bonds. The van der Waals surface area contributed by atoms with Crippen LogP contribution in [0.3, 0.4) is 0 Å². The van der Waals surface area contributed by atoms with Crippen LogP contribution in [-0.2, 0) is 6.54 Å². The minimum Gasteiger partial charge on any atom is -0.344 e. The highest BCUT2D eigenvalue weighted by Crippen LogP contribution is 2.25. The number of carbonyl (C=O) groups excluding carboxylic acids is 1. The number of thiazole rings is 1. The van der Waals surface area contributed by atoms with Crippen molar-refractivity contribution < 1.29 is 4.79 Å². The maximum atomic E-state index is 13.0. The predicted octanol–water partition coefficient (Wildman–Crippen LogP) is 5.16. The SMILES string of the molecule is Cc1cc(C(=O)NC(C)c2nc(-c3cccnc3)cs2)c(C)n1Cc1ccccc1. The van der Waals surface area contributed by atoms with Crippen LogP contribution in [0.2, 0.25) is 0 Å². The lowest BCUT2D eigenvalue weighted by molar-refractivity contribution is 0.0939. The summed E-state index contributed by atoms with van der Waals surface area (Å²) in [7, 11) is 0. The van der Waals surface area contributed by atoms with Crippen molar-refractivity contribution >= 4 is 17.2 Å². The molecule has 6 heteroatoms. The number of aromatic nitrogens is 3. The van der Waals surface area contributed by atoms with E-state index in [2.05, 4.69) is 32.0 Å². The fraction of sp³-hybridized carbons (Fsp3) is 0.208. The van der Waals surface area contributed by atoms with E-state index in [0.717, 1.165) is 34.2 Å². The highest BCUT2D eigenvalue weighted by atomic mass is 32.1. The van der Waals surface area contributed by atoms with E-state index in [1.54, 1.807) is 23.7 Å². The van der Waals surface area contributed by atoms with Gasteiger partial charge in [0.2, 0.25) is 0 Å². The summed E-state index contributed by atoms with van der Waals surface area (Å²) in [6.07, 6.45) is 3.54. The molecule has 30 heavy (non-hydrogen) atoms. The number of aryl methyl sites for hydroxylation is 1. The number of hydrogen-bond acceptors (Lipinski definition) is 4. The standard InChI is InChI=1S/C24H24N4OS/c1-16-12-21(18(3)28(16)14-19-8-5-4-6-9-19)23(29)26-17(2)24-27-22(15-30-24)20-10-7-11-25-13-20/h4-13,15,17H,14H2,1-3H3,(H,26,29). The minimum absolute atomic E-state index is 0.0759. The van der Waals surface area contributed by atoms with Crippen molar-refractivity contribution in [2.75, 3.05) is 0 Å². The molecular weight excluding hydrogens is 392 g/mol. The van der Waals surface area contributed by atoms with Gasteiger partial charge in [-0.1, -0.05) is 30.3 Å². The number of hydrogen-bond donors (Lipinski definition) is 1. The van der Waals surface area contributed by atoms with Crippen molar-refractivity contribution in [3.05, 3.63) is 93.8 Å². The van der Waals surface area contributed by atoms with E-state index >= 15 is 0 Å². The van der Waals surface area contributed by atoms with E-state index in [9.17, 15) is 4.79 Å². The Morgan fingerprint density at radius 3 is 2.70 bits per heavy atom. The number of rotatable bonds is 6. The van der Waals surface area contributed by atoms with Crippen molar-refractivity contribution in [1.29, 1.82) is 0 Å². The predicted molar refractivity (Wildman–Crippen MR) is 121 cm³/mol. The van der Waals surface area contributed by atoms with Crippen molar-refractivity contribution in [1.82, 2.24) is 19.9 Å². The molecule has 0 bridgehead atoms. The number of benzene rings is 1. The van der Waals surface area contributed by atoms with Crippen LogP contribution in [0.1, 0.15) is 45.3 Å². The van der Waals surface area contributed by atoms with Crippen LogP contribution in [0.5, 0.6) is 0 Å². The molecule has 0 saturated heterocycles. The number of nitrogens with zero attached hydrogens (tertiary/aromatic N) is 3. The molecular formula is C24H24N4OS. The maximum absolute atomic E-state index is 13.0. The zero-order valence-corrected chi connectivity index (χ0v) is 18.1. The molecule has 0 aliphatic heterocycles. The third-order valence-corrected chi connectivity index (χ3v) is 6.23. The van der Waals surface area contributed by atoms with Gasteiger partial charge in [-0.05, 0) is 44.5 Å². The first-order chi connectivity index (χ1) is 14.5. The molecule has 1 aromatic carbocycles. The van der Waals surface area contributed by atoms with Crippen molar-refractivity contribution in [2.45, 2.75) is 33.4 Å². The summed E-state index contributed by atoms with van der Waals surface area (Å²) < 4.78 is 2.18. The Kier molecular flexibility index (Phi) is 5.77. The topological polar surface area (TPSA) is 59.8 Å². The number of carbonyl (C=O) groups is 1. The second-order valence-corrected chi connectivity index (χ2v) is 8.25. The van der Waals surface area contributed by atoms with Crippen LogP contribution in [0.25, 0.3) is 11.3 Å². The molecule has 0 aliphatic carbocycles. The third kappa shape index (κ3) is 4.19. The van der Waals surface area contributed by atoms with Gasteiger partial charge in [0, 0.05) is 41.3 Å². The van der Waals surface area contributed by atoms with Gasteiger partial charge in [-0.2, -0.15) is 0 Å². The first-order valence-corrected chi connectivity index (χ1v) is 10.8. The van der Waals surface area contributed by atoms with E-state index in [4.69, 9.17) is 0 Å². The van der Waals surface area contributed by atoms with Gasteiger partial charge in [-0.25, -0.2) is 4.98 Å². The van der Waals surface area contributed by atoms with Crippen molar-refractivity contribution in [2.24, 2.45) is 0 Å². The number of nitrogens with one attached hydrogen (secondary N) is 1. The highest BCUT2D eigenvalue weighted by Gasteiger charge is 2.20. The van der Waals surface area contributed by atoms with Crippen LogP contribution in [0.15, 0.2) is 66.3 Å². The van der Waals surface area contributed by atoms with E-state index < -0.39 is 0 Å². The largest absolute Gasteiger partial charge is 0.344 e. The average molecular weight is 417 g/mol. The van der Waals surface area contributed by atoms with E-state index in [0.29, 0.717) is 5.56 Å². The van der Waals surface area contributed by atoms with E-state index in [1.807, 2.05) is 62.5 Å². The highest BCUT2D eigenvalue weighted by molar-refractivity contribution is 7.10. The van der Waals surface area contributed by atoms with Gasteiger partial charge in [-0.15, -0.1) is 11.3 Å². The summed E-state index contributed by atoms with van der Waals surface area (Å²) >= 11 is 1.55. The first kappa shape index (κ1) is 20.0. The summed E-state index contributed by atoms with van der Waals surface area (Å²) in [6, 6.07) is 15.9. The first-order valence-electron chi connectivity index (χ1n) is 9.90. The molecule has 0 spiro atoms. The molecule has 0 aliphatic rings. The quantitative estimate of drug-likeness (QED) is 0.472. The normalized spacial score (nSPS) is 12.0. The Balaban J connectivity index is 1.49. The summed E-state index contributed by atoms with van der Waals surface area (Å²) in [6.45, 7) is 6.76. The van der Waals surface area contributed by atoms with Crippen LogP contribution in [0.4, 0.5) is 0 Å². The molecule has 3 aromatic heterocycles. The molecule has 1 atom stereocenters. The Labute approximate surface area is 180 Å². The van der Waals surface area contributed by atoms with E-state index in [-0.39, 0.29) is 11.9 Å². The fourth-order valence-corrected chi connectivity index (χ4v) is 4.35. The molecule has 5 nitrogen and oxygen atoms in total. The van der Waals surface area contributed by atoms with Crippen LogP contribution in [0, 0.1) is 13.8 Å². The Bertz CT molecular complexity index is 1150. The van der Waals surface area contributed by atoms with Gasteiger partial charge in [0.15, 0.2) is 0 Å². The number of pyridine rings is 1. The smallest absolute Gasteiger partial charge is 0.253 e. The van der Waals surface area contributed by atoms with Crippen LogP contribution < -0.4 is 5.32 Å². The second-order valence-electron chi connectivity index (χ2n) is 7.36. The molecule has 1 N–H and O–H groups in total. The van der Waals surface area contributed by atoms with Crippen molar-refractivity contribution in [3.63, 3.8) is 0 Å². The minimum atomic E-state index is -0.176.